The van der Waals surface area contributed by atoms with E-state index in [1.54, 1.807) is 0 Å². The Morgan fingerprint density at radius 3 is 3.14 bits per heavy atom. The Labute approximate surface area is 165 Å². The standard InChI is InChI=1S/C21H29N7/c1-3-23-21(25-9-6-17-13-26-20-18(17)5-4-8-24-20)27-11-7-16(2)19(14-27)28-12-10-22-15-28/h4-5,8,10,12-13,15-16,19H,3,6-7,9,11,14H2,1-2H3,(H,23,25)(H,24,26). The Hall–Kier alpha value is -2.83. The number of fused-ring (bicyclic) bond motifs is 1. The van der Waals surface area contributed by atoms with Crippen molar-refractivity contribution in [2.24, 2.45) is 10.9 Å². The van der Waals surface area contributed by atoms with Gasteiger partial charge in [0.1, 0.15) is 5.65 Å². The van der Waals surface area contributed by atoms with Crippen molar-refractivity contribution in [3.8, 4) is 0 Å². The SMILES string of the molecule is CCNC(=NCCc1c[nH]c2ncccc12)N1CCC(C)C(n2ccnc2)C1. The highest BCUT2D eigenvalue weighted by atomic mass is 15.3. The van der Waals surface area contributed by atoms with E-state index >= 15 is 0 Å². The lowest BCUT2D eigenvalue weighted by molar-refractivity contribution is 0.189. The fraction of sp³-hybridized carbons (Fsp3) is 0.476. The summed E-state index contributed by atoms with van der Waals surface area (Å²) in [6, 6.07) is 4.53. The number of nitrogens with one attached hydrogen (secondary N) is 2. The van der Waals surface area contributed by atoms with Crippen LogP contribution in [0.1, 0.15) is 31.9 Å². The zero-order valence-electron chi connectivity index (χ0n) is 16.7. The molecule has 1 aliphatic heterocycles. The summed E-state index contributed by atoms with van der Waals surface area (Å²) in [5.41, 5.74) is 2.22. The summed E-state index contributed by atoms with van der Waals surface area (Å²) >= 11 is 0. The molecular formula is C21H29N7. The molecule has 2 N–H and O–H groups in total. The monoisotopic (exact) mass is 379 g/mol. The van der Waals surface area contributed by atoms with Gasteiger partial charge in [0.15, 0.2) is 5.96 Å². The van der Waals surface area contributed by atoms with E-state index in [2.05, 4.69) is 62.0 Å². The normalized spacial score (nSPS) is 20.6. The van der Waals surface area contributed by atoms with Gasteiger partial charge in [0.2, 0.25) is 0 Å². The first-order valence-corrected chi connectivity index (χ1v) is 10.2. The number of hydrogen-bond donors (Lipinski definition) is 2. The maximum absolute atomic E-state index is 4.93. The van der Waals surface area contributed by atoms with E-state index in [9.17, 15) is 0 Å². The molecule has 148 valence electrons. The van der Waals surface area contributed by atoms with Crippen LogP contribution in [0.2, 0.25) is 0 Å². The number of hydrogen-bond acceptors (Lipinski definition) is 3. The Morgan fingerprint density at radius 2 is 2.32 bits per heavy atom. The predicted octanol–water partition coefficient (Wildman–Crippen LogP) is 2.85. The predicted molar refractivity (Wildman–Crippen MR) is 112 cm³/mol. The van der Waals surface area contributed by atoms with Crippen LogP contribution in [-0.4, -0.2) is 56.6 Å². The molecule has 0 aromatic carbocycles. The van der Waals surface area contributed by atoms with Crippen LogP contribution in [0.15, 0.2) is 48.2 Å². The van der Waals surface area contributed by atoms with Gasteiger partial charge in [-0.3, -0.25) is 4.99 Å². The van der Waals surface area contributed by atoms with Gasteiger partial charge in [0.05, 0.1) is 12.4 Å². The van der Waals surface area contributed by atoms with Crippen LogP contribution in [0, 0.1) is 5.92 Å². The van der Waals surface area contributed by atoms with Crippen molar-refractivity contribution in [3.05, 3.63) is 48.8 Å². The zero-order valence-corrected chi connectivity index (χ0v) is 16.7. The van der Waals surface area contributed by atoms with Crippen LogP contribution < -0.4 is 5.32 Å². The molecule has 0 spiro atoms. The number of likely N-dealkylation sites (tertiary alicyclic amines) is 1. The van der Waals surface area contributed by atoms with E-state index in [1.165, 1.54) is 10.9 Å². The number of rotatable bonds is 5. The highest BCUT2D eigenvalue weighted by molar-refractivity contribution is 5.81. The summed E-state index contributed by atoms with van der Waals surface area (Å²) in [6.45, 7) is 8.08. The maximum atomic E-state index is 4.93. The molecule has 7 heteroatoms. The van der Waals surface area contributed by atoms with Gasteiger partial charge in [-0.25, -0.2) is 9.97 Å². The van der Waals surface area contributed by atoms with Crippen molar-refractivity contribution in [1.29, 1.82) is 0 Å². The molecule has 4 heterocycles. The van der Waals surface area contributed by atoms with Crippen LogP contribution in [0.5, 0.6) is 0 Å². The number of piperidine rings is 1. The third-order valence-electron chi connectivity index (χ3n) is 5.64. The Kier molecular flexibility index (Phi) is 5.60. The first kappa shape index (κ1) is 18.5. The average Bonchev–Trinajstić information content (AvgIpc) is 3.38. The minimum atomic E-state index is 0.430. The molecule has 4 rings (SSSR count). The van der Waals surface area contributed by atoms with E-state index in [0.717, 1.165) is 50.6 Å². The molecule has 1 aliphatic rings. The number of H-pyrrole nitrogens is 1. The van der Waals surface area contributed by atoms with Crippen LogP contribution in [-0.2, 0) is 6.42 Å². The van der Waals surface area contributed by atoms with Crippen LogP contribution in [0.25, 0.3) is 11.0 Å². The second-order valence-corrected chi connectivity index (χ2v) is 7.49. The Balaban J connectivity index is 1.45. The number of guanidine groups is 1. The van der Waals surface area contributed by atoms with Gasteiger partial charge in [0, 0.05) is 56.4 Å². The van der Waals surface area contributed by atoms with E-state index in [1.807, 2.05) is 24.8 Å². The molecule has 28 heavy (non-hydrogen) atoms. The number of imidazole rings is 1. The second kappa shape index (κ2) is 8.46. The first-order valence-electron chi connectivity index (χ1n) is 10.2. The van der Waals surface area contributed by atoms with Crippen LogP contribution in [0.4, 0.5) is 0 Å². The third kappa shape index (κ3) is 3.88. The van der Waals surface area contributed by atoms with E-state index in [-0.39, 0.29) is 0 Å². The Bertz CT molecular complexity index is 912. The number of nitrogens with zero attached hydrogens (tertiary/aromatic N) is 5. The summed E-state index contributed by atoms with van der Waals surface area (Å²) < 4.78 is 2.24. The molecule has 0 aliphatic carbocycles. The fourth-order valence-corrected chi connectivity index (χ4v) is 4.02. The van der Waals surface area contributed by atoms with Gasteiger partial charge in [0.25, 0.3) is 0 Å². The summed E-state index contributed by atoms with van der Waals surface area (Å²) in [6.07, 6.45) is 11.8. The number of aromatic nitrogens is 4. The lowest BCUT2D eigenvalue weighted by Gasteiger charge is -2.39. The minimum Gasteiger partial charge on any atom is -0.357 e. The quantitative estimate of drug-likeness (QED) is 0.528. The van der Waals surface area contributed by atoms with Crippen molar-refractivity contribution in [1.82, 2.24) is 29.7 Å². The second-order valence-electron chi connectivity index (χ2n) is 7.49. The van der Waals surface area contributed by atoms with Gasteiger partial charge in [-0.2, -0.15) is 0 Å². The van der Waals surface area contributed by atoms with Gasteiger partial charge in [-0.05, 0) is 43.4 Å². The van der Waals surface area contributed by atoms with E-state index < -0.39 is 0 Å². The molecule has 3 aromatic heterocycles. The average molecular weight is 380 g/mol. The van der Waals surface area contributed by atoms with Gasteiger partial charge in [-0.15, -0.1) is 0 Å². The molecule has 0 amide bonds. The molecule has 0 radical (unpaired) electrons. The molecule has 0 bridgehead atoms. The van der Waals surface area contributed by atoms with Gasteiger partial charge in [-0.1, -0.05) is 6.92 Å². The van der Waals surface area contributed by atoms with Crippen molar-refractivity contribution >= 4 is 17.0 Å². The summed E-state index contributed by atoms with van der Waals surface area (Å²) in [5, 5.41) is 4.67. The van der Waals surface area contributed by atoms with Crippen molar-refractivity contribution in [3.63, 3.8) is 0 Å². The van der Waals surface area contributed by atoms with E-state index in [0.29, 0.717) is 12.0 Å². The summed E-state index contributed by atoms with van der Waals surface area (Å²) in [5.74, 6) is 1.64. The van der Waals surface area contributed by atoms with Crippen molar-refractivity contribution in [2.75, 3.05) is 26.2 Å². The maximum Gasteiger partial charge on any atom is 0.193 e. The lowest BCUT2D eigenvalue weighted by Crippen LogP contribution is -2.49. The molecule has 1 fully saturated rings. The number of pyridine rings is 1. The molecule has 2 unspecified atom stereocenters. The van der Waals surface area contributed by atoms with Crippen molar-refractivity contribution in [2.45, 2.75) is 32.7 Å². The zero-order chi connectivity index (χ0) is 19.3. The van der Waals surface area contributed by atoms with Gasteiger partial charge >= 0.3 is 0 Å². The van der Waals surface area contributed by atoms with Crippen molar-refractivity contribution < 1.29 is 0 Å². The van der Waals surface area contributed by atoms with E-state index in [4.69, 9.17) is 4.99 Å². The first-order chi connectivity index (χ1) is 13.8. The number of aromatic amines is 1. The molecule has 7 nitrogen and oxygen atoms in total. The highest BCUT2D eigenvalue weighted by Crippen LogP contribution is 2.27. The number of aliphatic imine (C=N–C) groups is 1. The lowest BCUT2D eigenvalue weighted by atomic mass is 9.93. The smallest absolute Gasteiger partial charge is 0.193 e. The molecule has 1 saturated heterocycles. The molecular weight excluding hydrogens is 350 g/mol. The van der Waals surface area contributed by atoms with Crippen LogP contribution >= 0.6 is 0 Å². The Morgan fingerprint density at radius 1 is 1.39 bits per heavy atom. The minimum absolute atomic E-state index is 0.430. The highest BCUT2D eigenvalue weighted by Gasteiger charge is 2.28. The molecule has 2 atom stereocenters. The topological polar surface area (TPSA) is 74.1 Å². The van der Waals surface area contributed by atoms with Gasteiger partial charge < -0.3 is 19.8 Å². The molecule has 3 aromatic rings. The fourth-order valence-electron chi connectivity index (χ4n) is 4.02. The summed E-state index contributed by atoms with van der Waals surface area (Å²) in [4.78, 5) is 19.2. The van der Waals surface area contributed by atoms with Crippen LogP contribution in [0.3, 0.4) is 0 Å². The summed E-state index contributed by atoms with van der Waals surface area (Å²) in [7, 11) is 0. The largest absolute Gasteiger partial charge is 0.357 e. The molecule has 0 saturated carbocycles. The third-order valence-corrected chi connectivity index (χ3v) is 5.64.